The first kappa shape index (κ1) is 14.3. The Bertz CT molecular complexity index is 384. The number of aryl methyl sites for hydroxylation is 1. The number of nitrogens with zero attached hydrogens (tertiary/aromatic N) is 2. The highest BCUT2D eigenvalue weighted by Gasteiger charge is 2.14. The fourth-order valence-corrected chi connectivity index (χ4v) is 2.64. The Morgan fingerprint density at radius 1 is 1.16 bits per heavy atom. The van der Waals surface area contributed by atoms with Crippen LogP contribution in [0.15, 0.2) is 12.1 Å². The molecule has 0 amide bonds. The molecule has 0 bridgehead atoms. The zero-order chi connectivity index (χ0) is 13.5. The minimum atomic E-state index is 0.966. The third-order valence-corrected chi connectivity index (χ3v) is 3.62. The SMILES string of the molecule is CCCNCc1cc(CCC)nc(N2CCCC2)c1. The second-order valence-electron chi connectivity index (χ2n) is 5.45. The number of anilines is 1. The van der Waals surface area contributed by atoms with Crippen LogP contribution >= 0.6 is 0 Å². The van der Waals surface area contributed by atoms with E-state index in [1.165, 1.54) is 49.4 Å². The van der Waals surface area contributed by atoms with Gasteiger partial charge in [0.15, 0.2) is 0 Å². The third kappa shape index (κ3) is 4.20. The summed E-state index contributed by atoms with van der Waals surface area (Å²) in [5, 5.41) is 3.49. The molecular formula is C16H27N3. The van der Waals surface area contributed by atoms with E-state index in [-0.39, 0.29) is 0 Å². The Morgan fingerprint density at radius 3 is 2.63 bits per heavy atom. The zero-order valence-corrected chi connectivity index (χ0v) is 12.4. The van der Waals surface area contributed by atoms with E-state index < -0.39 is 0 Å². The van der Waals surface area contributed by atoms with Gasteiger partial charge in [-0.25, -0.2) is 4.98 Å². The van der Waals surface area contributed by atoms with E-state index in [1.54, 1.807) is 0 Å². The lowest BCUT2D eigenvalue weighted by molar-refractivity contribution is 0.673. The van der Waals surface area contributed by atoms with Gasteiger partial charge in [0.05, 0.1) is 0 Å². The average molecular weight is 261 g/mol. The van der Waals surface area contributed by atoms with Gasteiger partial charge in [-0.3, -0.25) is 0 Å². The fourth-order valence-electron chi connectivity index (χ4n) is 2.64. The van der Waals surface area contributed by atoms with E-state index in [0.29, 0.717) is 0 Å². The zero-order valence-electron chi connectivity index (χ0n) is 12.4. The summed E-state index contributed by atoms with van der Waals surface area (Å²) in [5.74, 6) is 1.19. The minimum Gasteiger partial charge on any atom is -0.357 e. The Labute approximate surface area is 117 Å². The van der Waals surface area contributed by atoms with E-state index >= 15 is 0 Å². The van der Waals surface area contributed by atoms with E-state index in [4.69, 9.17) is 4.98 Å². The molecule has 19 heavy (non-hydrogen) atoms. The summed E-state index contributed by atoms with van der Waals surface area (Å²) < 4.78 is 0. The van der Waals surface area contributed by atoms with Crippen molar-refractivity contribution < 1.29 is 0 Å². The van der Waals surface area contributed by atoms with Gasteiger partial charge in [0.2, 0.25) is 0 Å². The van der Waals surface area contributed by atoms with E-state index in [9.17, 15) is 0 Å². The summed E-state index contributed by atoms with van der Waals surface area (Å²) in [5.41, 5.74) is 2.63. The summed E-state index contributed by atoms with van der Waals surface area (Å²) >= 11 is 0. The van der Waals surface area contributed by atoms with Crippen molar-refractivity contribution in [3.05, 3.63) is 23.4 Å². The Hall–Kier alpha value is -1.09. The van der Waals surface area contributed by atoms with Crippen LogP contribution in [0.2, 0.25) is 0 Å². The van der Waals surface area contributed by atoms with Crippen molar-refractivity contribution in [3.63, 3.8) is 0 Å². The summed E-state index contributed by atoms with van der Waals surface area (Å²) in [6.45, 7) is 8.82. The molecule has 3 nitrogen and oxygen atoms in total. The molecule has 0 unspecified atom stereocenters. The van der Waals surface area contributed by atoms with Gasteiger partial charge in [0, 0.05) is 25.3 Å². The molecule has 0 saturated carbocycles. The number of nitrogens with one attached hydrogen (secondary N) is 1. The van der Waals surface area contributed by atoms with Gasteiger partial charge >= 0.3 is 0 Å². The van der Waals surface area contributed by atoms with Gasteiger partial charge in [-0.05, 0) is 49.9 Å². The second-order valence-corrected chi connectivity index (χ2v) is 5.45. The Balaban J connectivity index is 2.11. The largest absolute Gasteiger partial charge is 0.357 e. The van der Waals surface area contributed by atoms with Crippen LogP contribution < -0.4 is 10.2 Å². The molecule has 1 saturated heterocycles. The van der Waals surface area contributed by atoms with Crippen molar-refractivity contribution in [2.75, 3.05) is 24.5 Å². The molecule has 0 aromatic carbocycles. The van der Waals surface area contributed by atoms with Gasteiger partial charge < -0.3 is 10.2 Å². The first-order valence-corrected chi connectivity index (χ1v) is 7.79. The number of hydrogen-bond donors (Lipinski definition) is 1. The van der Waals surface area contributed by atoms with Crippen LogP contribution in [-0.2, 0) is 13.0 Å². The number of pyridine rings is 1. The Kier molecular flexibility index (Phi) is 5.64. The maximum Gasteiger partial charge on any atom is 0.129 e. The first-order valence-electron chi connectivity index (χ1n) is 7.79. The summed E-state index contributed by atoms with van der Waals surface area (Å²) in [4.78, 5) is 7.26. The average Bonchev–Trinajstić information content (AvgIpc) is 2.93. The van der Waals surface area contributed by atoms with Gasteiger partial charge in [0.25, 0.3) is 0 Å². The highest BCUT2D eigenvalue weighted by atomic mass is 15.2. The van der Waals surface area contributed by atoms with E-state index in [1.807, 2.05) is 0 Å². The normalized spacial score (nSPS) is 15.2. The van der Waals surface area contributed by atoms with Crippen LogP contribution in [0.25, 0.3) is 0 Å². The molecule has 0 spiro atoms. The standard InChI is InChI=1S/C16H27N3/c1-3-7-15-11-14(13-17-8-4-2)12-16(18-15)19-9-5-6-10-19/h11-12,17H,3-10,13H2,1-2H3. The van der Waals surface area contributed by atoms with Crippen molar-refractivity contribution >= 4 is 5.82 Å². The van der Waals surface area contributed by atoms with Gasteiger partial charge in [-0.15, -0.1) is 0 Å². The molecule has 1 aliphatic rings. The second kappa shape index (κ2) is 7.49. The first-order chi connectivity index (χ1) is 9.33. The monoisotopic (exact) mass is 261 g/mol. The highest BCUT2D eigenvalue weighted by molar-refractivity contribution is 5.43. The minimum absolute atomic E-state index is 0.966. The molecule has 1 aromatic rings. The molecule has 1 N–H and O–H groups in total. The van der Waals surface area contributed by atoms with Gasteiger partial charge in [-0.1, -0.05) is 20.3 Å². The summed E-state index contributed by atoms with van der Waals surface area (Å²) in [7, 11) is 0. The molecule has 0 radical (unpaired) electrons. The van der Waals surface area contributed by atoms with Crippen LogP contribution in [-0.4, -0.2) is 24.6 Å². The predicted octanol–water partition coefficient (Wildman–Crippen LogP) is 3.13. The molecule has 1 aromatic heterocycles. The molecule has 1 fully saturated rings. The molecular weight excluding hydrogens is 234 g/mol. The summed E-state index contributed by atoms with van der Waals surface area (Å²) in [6.07, 6.45) is 6.05. The van der Waals surface area contributed by atoms with Crippen LogP contribution in [0.4, 0.5) is 5.82 Å². The van der Waals surface area contributed by atoms with Crippen LogP contribution in [0.3, 0.4) is 0 Å². The molecule has 106 valence electrons. The van der Waals surface area contributed by atoms with E-state index in [2.05, 4.69) is 36.2 Å². The van der Waals surface area contributed by atoms with Crippen molar-refractivity contribution in [1.82, 2.24) is 10.3 Å². The lowest BCUT2D eigenvalue weighted by Crippen LogP contribution is -2.21. The number of rotatable bonds is 7. The van der Waals surface area contributed by atoms with E-state index in [0.717, 1.165) is 25.9 Å². The van der Waals surface area contributed by atoms with Crippen LogP contribution in [0.1, 0.15) is 50.8 Å². The molecule has 0 aliphatic carbocycles. The lowest BCUT2D eigenvalue weighted by atomic mass is 10.1. The van der Waals surface area contributed by atoms with Crippen LogP contribution in [0, 0.1) is 0 Å². The molecule has 2 heterocycles. The molecule has 3 heteroatoms. The maximum atomic E-state index is 4.83. The van der Waals surface area contributed by atoms with Crippen molar-refractivity contribution in [2.45, 2.75) is 52.5 Å². The smallest absolute Gasteiger partial charge is 0.129 e. The van der Waals surface area contributed by atoms with Crippen molar-refractivity contribution in [2.24, 2.45) is 0 Å². The topological polar surface area (TPSA) is 28.2 Å². The number of aromatic nitrogens is 1. The molecule has 1 aliphatic heterocycles. The van der Waals surface area contributed by atoms with Crippen LogP contribution in [0.5, 0.6) is 0 Å². The predicted molar refractivity (Wildman–Crippen MR) is 81.7 cm³/mol. The van der Waals surface area contributed by atoms with Crippen molar-refractivity contribution in [1.29, 1.82) is 0 Å². The maximum absolute atomic E-state index is 4.83. The van der Waals surface area contributed by atoms with Gasteiger partial charge in [0.1, 0.15) is 5.82 Å². The van der Waals surface area contributed by atoms with Gasteiger partial charge in [-0.2, -0.15) is 0 Å². The summed E-state index contributed by atoms with van der Waals surface area (Å²) in [6, 6.07) is 4.54. The highest BCUT2D eigenvalue weighted by Crippen LogP contribution is 2.20. The Morgan fingerprint density at radius 2 is 1.95 bits per heavy atom. The quantitative estimate of drug-likeness (QED) is 0.764. The van der Waals surface area contributed by atoms with Crippen molar-refractivity contribution in [3.8, 4) is 0 Å². The lowest BCUT2D eigenvalue weighted by Gasteiger charge is -2.18. The fraction of sp³-hybridized carbons (Fsp3) is 0.688. The number of hydrogen-bond acceptors (Lipinski definition) is 3. The molecule has 0 atom stereocenters. The third-order valence-electron chi connectivity index (χ3n) is 3.62. The molecule has 2 rings (SSSR count).